The van der Waals surface area contributed by atoms with E-state index in [9.17, 15) is 24.3 Å². The molecule has 1 saturated heterocycles. The van der Waals surface area contributed by atoms with Crippen molar-refractivity contribution >= 4 is 40.9 Å². The van der Waals surface area contributed by atoms with E-state index in [-0.39, 0.29) is 26.0 Å². The van der Waals surface area contributed by atoms with Gasteiger partial charge < -0.3 is 34.9 Å². The summed E-state index contributed by atoms with van der Waals surface area (Å²) >= 11 is 0. The number of nitrogens with one attached hydrogen (secondary N) is 2. The molecule has 2 aromatic carbocycles. The van der Waals surface area contributed by atoms with Gasteiger partial charge in [0.05, 0.1) is 31.5 Å². The number of nitrogens with zero attached hydrogens (tertiary/aromatic N) is 2. The van der Waals surface area contributed by atoms with E-state index in [4.69, 9.17) is 19.2 Å². The monoisotopic (exact) mass is 696 g/mol. The number of aliphatic carboxylic acids is 1. The zero-order valence-electron chi connectivity index (χ0n) is 28.9. The van der Waals surface area contributed by atoms with Gasteiger partial charge in [-0.2, -0.15) is 0 Å². The molecule has 268 valence electrons. The summed E-state index contributed by atoms with van der Waals surface area (Å²) in [6, 6.07) is 13.3. The molecular formula is C39H44N4O8. The molecule has 12 heteroatoms. The number of rotatable bonds is 9. The number of unbranched alkanes of at least 4 members (excludes halogenated alkanes) is 1. The van der Waals surface area contributed by atoms with Gasteiger partial charge in [-0.1, -0.05) is 68.3 Å². The number of amides is 3. The van der Waals surface area contributed by atoms with Gasteiger partial charge in [0.1, 0.15) is 35.2 Å². The Balaban J connectivity index is 1.43. The van der Waals surface area contributed by atoms with E-state index in [0.717, 1.165) is 22.9 Å². The van der Waals surface area contributed by atoms with Gasteiger partial charge in [-0.25, -0.2) is 14.6 Å². The summed E-state index contributed by atoms with van der Waals surface area (Å²) in [5.41, 5.74) is 1.48. The van der Waals surface area contributed by atoms with Crippen LogP contribution in [0.25, 0.3) is 28.2 Å². The summed E-state index contributed by atoms with van der Waals surface area (Å²) in [7, 11) is 1.60. The van der Waals surface area contributed by atoms with Crippen LogP contribution in [0, 0.1) is 5.92 Å². The molecular weight excluding hydrogens is 652 g/mol. The highest BCUT2D eigenvalue weighted by atomic mass is 16.5. The third-order valence-electron chi connectivity index (χ3n) is 9.84. The molecule has 3 aromatic rings. The van der Waals surface area contributed by atoms with Crippen molar-refractivity contribution in [3.05, 3.63) is 72.8 Å². The fourth-order valence-corrected chi connectivity index (χ4v) is 6.90. The minimum absolute atomic E-state index is 0.0225. The largest absolute Gasteiger partial charge is 0.496 e. The first-order valence-electron chi connectivity index (χ1n) is 17.5. The van der Waals surface area contributed by atoms with Crippen molar-refractivity contribution in [2.24, 2.45) is 5.92 Å². The molecule has 2 fully saturated rings. The fourth-order valence-electron chi connectivity index (χ4n) is 6.90. The second-order valence-corrected chi connectivity index (χ2v) is 13.3. The number of cyclic esters (lactones) is 1. The van der Waals surface area contributed by atoms with Crippen LogP contribution in [0.4, 0.5) is 4.79 Å². The number of carboxylic acids is 1. The van der Waals surface area contributed by atoms with Crippen LogP contribution in [0.2, 0.25) is 0 Å². The Bertz CT molecular complexity index is 1850. The predicted molar refractivity (Wildman–Crippen MR) is 191 cm³/mol. The van der Waals surface area contributed by atoms with Crippen LogP contribution in [-0.2, 0) is 19.1 Å². The summed E-state index contributed by atoms with van der Waals surface area (Å²) in [6.45, 7) is 5.86. The maximum absolute atomic E-state index is 14.3. The normalized spacial score (nSPS) is 25.5. The summed E-state index contributed by atoms with van der Waals surface area (Å²) in [5, 5.41) is 16.2. The van der Waals surface area contributed by atoms with Gasteiger partial charge >= 0.3 is 12.1 Å². The number of allylic oxidation sites excluding steroid dienone is 1. The number of benzene rings is 2. The molecule has 1 saturated carbocycles. The lowest BCUT2D eigenvalue weighted by molar-refractivity contribution is -0.145. The average Bonchev–Trinajstić information content (AvgIpc) is 3.70. The molecule has 3 heterocycles. The maximum Gasteiger partial charge on any atom is 0.407 e. The first-order chi connectivity index (χ1) is 24.7. The lowest BCUT2D eigenvalue weighted by Gasteiger charge is -2.29. The molecule has 5 atom stereocenters. The van der Waals surface area contributed by atoms with Crippen LogP contribution in [-0.4, -0.2) is 82.9 Å². The van der Waals surface area contributed by atoms with Crippen molar-refractivity contribution in [2.75, 3.05) is 20.3 Å². The van der Waals surface area contributed by atoms with Crippen molar-refractivity contribution in [3.63, 3.8) is 0 Å². The van der Waals surface area contributed by atoms with Crippen LogP contribution in [0.15, 0.2) is 67.3 Å². The third kappa shape index (κ3) is 7.54. The van der Waals surface area contributed by atoms with Crippen LogP contribution in [0.5, 0.6) is 11.5 Å². The van der Waals surface area contributed by atoms with Crippen molar-refractivity contribution in [2.45, 2.75) is 75.6 Å². The van der Waals surface area contributed by atoms with Crippen molar-refractivity contribution in [3.8, 4) is 22.8 Å². The highest BCUT2D eigenvalue weighted by Gasteiger charge is 2.61. The van der Waals surface area contributed by atoms with Crippen molar-refractivity contribution in [1.29, 1.82) is 0 Å². The molecule has 3 aliphatic rings. The standard InChI is InChI=1S/C39H44N4O8/c1-4-6-16-29-36(45)43-23-27(19-32(43)35(44)42-39(37(46)47)22-26(39)5-2)51-34-20-30(24-13-9-7-10-14-24)40-31-21-33(49-3)25(18-28(31)34)15-11-8-12-17-50-38(48)41-29/h5,7,9-11,13-15,18,20-21,26-27,29,32H,2,4,6,8,12,16-17,19,22-23H2,1,3H3,(H,41,48)(H,42,44)(H,46,47)/b15-11-/t26-,27+,29-,32-,39+/m0/s1. The van der Waals surface area contributed by atoms with Crippen LogP contribution in [0.1, 0.15) is 57.4 Å². The molecule has 1 aromatic heterocycles. The van der Waals surface area contributed by atoms with Crippen LogP contribution < -0.4 is 20.1 Å². The lowest BCUT2D eigenvalue weighted by atomic mass is 10.0. The van der Waals surface area contributed by atoms with E-state index in [1.54, 1.807) is 7.11 Å². The number of alkyl carbamates (subject to hydrolysis) is 1. The third-order valence-corrected chi connectivity index (χ3v) is 9.84. The molecule has 2 aliphatic heterocycles. The first-order valence-corrected chi connectivity index (χ1v) is 17.5. The molecule has 6 rings (SSSR count). The quantitative estimate of drug-likeness (QED) is 0.246. The molecule has 12 nitrogen and oxygen atoms in total. The number of methoxy groups -OCH3 is 1. The molecule has 0 radical (unpaired) electrons. The Morgan fingerprint density at radius 2 is 2.02 bits per heavy atom. The summed E-state index contributed by atoms with van der Waals surface area (Å²) < 4.78 is 17.9. The molecule has 3 N–H and O–H groups in total. The molecule has 4 bridgehead atoms. The van der Waals surface area contributed by atoms with Gasteiger partial charge in [0.2, 0.25) is 11.8 Å². The highest BCUT2D eigenvalue weighted by Crippen LogP contribution is 2.45. The maximum atomic E-state index is 14.3. The smallest absolute Gasteiger partial charge is 0.407 e. The number of pyridine rings is 1. The summed E-state index contributed by atoms with van der Waals surface area (Å²) in [4.78, 5) is 59.8. The van der Waals surface area contributed by atoms with Gasteiger partial charge in [-0.15, -0.1) is 6.58 Å². The molecule has 51 heavy (non-hydrogen) atoms. The van der Waals surface area contributed by atoms with Crippen LogP contribution in [0.3, 0.4) is 0 Å². The Labute approximate surface area is 296 Å². The zero-order valence-corrected chi connectivity index (χ0v) is 28.9. The second-order valence-electron chi connectivity index (χ2n) is 13.3. The lowest BCUT2D eigenvalue weighted by Crippen LogP contribution is -2.56. The number of aromatic nitrogens is 1. The number of carbonyl (C=O) groups is 4. The van der Waals surface area contributed by atoms with Gasteiger partial charge in [-0.05, 0) is 31.7 Å². The number of carboxylic acid groups (broad SMARTS) is 1. The van der Waals surface area contributed by atoms with E-state index in [1.165, 1.54) is 11.0 Å². The molecule has 3 amide bonds. The Morgan fingerprint density at radius 3 is 2.73 bits per heavy atom. The molecule has 0 spiro atoms. The van der Waals surface area contributed by atoms with Gasteiger partial charge in [0.15, 0.2) is 0 Å². The number of ether oxygens (including phenoxy) is 3. The SMILES string of the molecule is C=C[C@H]1C[C@]1(NC(=O)[C@@H]1C[C@@H]2CN1C(=O)[C@H](CCCC)NC(=O)OCCC/C=C\c1cc3c(cc(-c4ccccc4)nc3cc1OC)O2)C(=O)O. The number of fused-ring (bicyclic) bond motifs is 3. The van der Waals surface area contributed by atoms with E-state index < -0.39 is 53.5 Å². The van der Waals surface area contributed by atoms with E-state index in [1.807, 2.05) is 67.6 Å². The second kappa shape index (κ2) is 15.2. The van der Waals surface area contributed by atoms with Gasteiger partial charge in [0, 0.05) is 41.0 Å². The van der Waals surface area contributed by atoms with Crippen LogP contribution >= 0.6 is 0 Å². The first kappa shape index (κ1) is 35.4. The van der Waals surface area contributed by atoms with E-state index in [0.29, 0.717) is 48.4 Å². The highest BCUT2D eigenvalue weighted by molar-refractivity contribution is 5.96. The van der Waals surface area contributed by atoms with Gasteiger partial charge in [-0.3, -0.25) is 9.59 Å². The summed E-state index contributed by atoms with van der Waals surface area (Å²) in [6.07, 6.45) is 7.28. The predicted octanol–water partition coefficient (Wildman–Crippen LogP) is 5.50. The average molecular weight is 697 g/mol. The minimum Gasteiger partial charge on any atom is -0.496 e. The fraction of sp³-hybridized carbons (Fsp3) is 0.410. The Hall–Kier alpha value is -5.39. The van der Waals surface area contributed by atoms with E-state index >= 15 is 0 Å². The number of hydrogen-bond acceptors (Lipinski definition) is 8. The topological polar surface area (TPSA) is 156 Å². The van der Waals surface area contributed by atoms with E-state index in [2.05, 4.69) is 17.2 Å². The molecule has 0 unspecified atom stereocenters. The minimum atomic E-state index is -1.49. The molecule has 1 aliphatic carbocycles. The number of hydrogen-bond donors (Lipinski definition) is 3. The zero-order chi connectivity index (χ0) is 36.1. The number of carbonyl (C=O) groups excluding carboxylic acids is 3. The Morgan fingerprint density at radius 1 is 1.22 bits per heavy atom. The van der Waals surface area contributed by atoms with Crippen molar-refractivity contribution < 1.29 is 38.5 Å². The Kier molecular flexibility index (Phi) is 10.6. The van der Waals surface area contributed by atoms with Gasteiger partial charge in [0.25, 0.3) is 0 Å². The summed E-state index contributed by atoms with van der Waals surface area (Å²) in [5.74, 6) is -1.55. The van der Waals surface area contributed by atoms with Crippen molar-refractivity contribution in [1.82, 2.24) is 20.5 Å².